The molecule has 0 bridgehead atoms. The van der Waals surface area contributed by atoms with Crippen LogP contribution in [0.2, 0.25) is 0 Å². The Hall–Kier alpha value is -0.130. The van der Waals surface area contributed by atoms with Crippen molar-refractivity contribution in [2.45, 2.75) is 25.3 Å². The van der Waals surface area contributed by atoms with Gasteiger partial charge in [-0.25, -0.2) is 8.42 Å². The third-order valence-electron chi connectivity index (χ3n) is 3.89. The number of sulfonamides is 1. The Bertz CT molecular complexity index is 350. The van der Waals surface area contributed by atoms with Gasteiger partial charge in [0.15, 0.2) is 0 Å². The maximum atomic E-state index is 12.1. The molecular weight excluding hydrogens is 212 g/mol. The highest BCUT2D eigenvalue weighted by Crippen LogP contribution is 2.35. The van der Waals surface area contributed by atoms with Crippen molar-refractivity contribution < 1.29 is 8.42 Å². The zero-order valence-electron chi connectivity index (χ0n) is 8.85. The predicted octanol–water partition coefficient (Wildman–Crippen LogP) is 0.0199. The molecule has 4 nitrogen and oxygen atoms in total. The van der Waals surface area contributed by atoms with Gasteiger partial charge < -0.3 is 5.32 Å². The third kappa shape index (κ3) is 1.81. The average molecular weight is 230 g/mol. The van der Waals surface area contributed by atoms with Crippen LogP contribution in [0.5, 0.6) is 0 Å². The maximum Gasteiger partial charge on any atom is 0.214 e. The van der Waals surface area contributed by atoms with Crippen LogP contribution < -0.4 is 5.32 Å². The van der Waals surface area contributed by atoms with Crippen LogP contribution in [-0.4, -0.2) is 44.2 Å². The second-order valence-corrected chi connectivity index (χ2v) is 7.07. The van der Waals surface area contributed by atoms with Crippen LogP contribution >= 0.6 is 0 Å². The first-order valence-corrected chi connectivity index (χ1v) is 7.48. The van der Waals surface area contributed by atoms with Gasteiger partial charge in [-0.05, 0) is 37.6 Å². The van der Waals surface area contributed by atoms with E-state index in [1.54, 1.807) is 4.31 Å². The Morgan fingerprint density at radius 2 is 2.00 bits per heavy atom. The molecule has 1 N–H and O–H groups in total. The average Bonchev–Trinajstić information content (AvgIpc) is 2.71. The smallest absolute Gasteiger partial charge is 0.214 e. The molecule has 0 spiro atoms. The van der Waals surface area contributed by atoms with Gasteiger partial charge >= 0.3 is 0 Å². The van der Waals surface area contributed by atoms with E-state index >= 15 is 0 Å². The van der Waals surface area contributed by atoms with Crippen molar-refractivity contribution in [1.29, 1.82) is 0 Å². The first kappa shape index (κ1) is 10.1. The van der Waals surface area contributed by atoms with Crippen molar-refractivity contribution in [1.82, 2.24) is 9.62 Å². The van der Waals surface area contributed by atoms with E-state index in [9.17, 15) is 8.42 Å². The number of nitrogens with zero attached hydrogens (tertiary/aromatic N) is 1. The highest BCUT2D eigenvalue weighted by molar-refractivity contribution is 7.89. The van der Waals surface area contributed by atoms with Crippen LogP contribution in [0.3, 0.4) is 0 Å². The molecule has 3 aliphatic rings. The van der Waals surface area contributed by atoms with Crippen LogP contribution in [0.15, 0.2) is 0 Å². The summed E-state index contributed by atoms with van der Waals surface area (Å²) in [5.74, 6) is 1.43. The molecule has 0 aromatic heterocycles. The van der Waals surface area contributed by atoms with Gasteiger partial charge in [0, 0.05) is 19.1 Å². The minimum atomic E-state index is -2.96. The molecule has 3 rings (SSSR count). The second kappa shape index (κ2) is 3.43. The number of rotatable bonds is 3. The van der Waals surface area contributed by atoms with Gasteiger partial charge in [0.25, 0.3) is 0 Å². The zero-order valence-corrected chi connectivity index (χ0v) is 9.67. The number of hydrogen-bond acceptors (Lipinski definition) is 3. The van der Waals surface area contributed by atoms with Crippen molar-refractivity contribution >= 4 is 10.0 Å². The molecule has 86 valence electrons. The van der Waals surface area contributed by atoms with E-state index in [4.69, 9.17) is 0 Å². The summed E-state index contributed by atoms with van der Waals surface area (Å²) in [7, 11) is -2.96. The van der Waals surface area contributed by atoms with E-state index in [2.05, 4.69) is 5.32 Å². The fourth-order valence-electron chi connectivity index (χ4n) is 2.83. The molecule has 2 aliphatic heterocycles. The predicted molar refractivity (Wildman–Crippen MR) is 58.0 cm³/mol. The van der Waals surface area contributed by atoms with Crippen molar-refractivity contribution in [3.63, 3.8) is 0 Å². The molecule has 2 atom stereocenters. The van der Waals surface area contributed by atoms with Gasteiger partial charge in [-0.2, -0.15) is 4.31 Å². The first-order valence-electron chi connectivity index (χ1n) is 5.87. The molecule has 1 aliphatic carbocycles. The van der Waals surface area contributed by atoms with Gasteiger partial charge in [-0.3, -0.25) is 0 Å². The van der Waals surface area contributed by atoms with E-state index in [0.29, 0.717) is 17.6 Å². The van der Waals surface area contributed by atoms with Crippen LogP contribution in [0.25, 0.3) is 0 Å². The van der Waals surface area contributed by atoms with Crippen LogP contribution in [0.4, 0.5) is 0 Å². The Morgan fingerprint density at radius 3 is 2.73 bits per heavy atom. The molecule has 0 radical (unpaired) electrons. The highest BCUT2D eigenvalue weighted by Gasteiger charge is 2.44. The summed E-state index contributed by atoms with van der Waals surface area (Å²) in [5.41, 5.74) is 0. The molecule has 15 heavy (non-hydrogen) atoms. The number of fused-ring (bicyclic) bond motifs is 1. The lowest BCUT2D eigenvalue weighted by molar-refractivity contribution is 0.382. The molecule has 0 amide bonds. The molecule has 0 unspecified atom stereocenters. The van der Waals surface area contributed by atoms with E-state index in [0.717, 1.165) is 38.9 Å². The van der Waals surface area contributed by atoms with Crippen molar-refractivity contribution in [2.75, 3.05) is 25.4 Å². The topological polar surface area (TPSA) is 49.4 Å². The summed E-state index contributed by atoms with van der Waals surface area (Å²) < 4.78 is 26.0. The Kier molecular flexibility index (Phi) is 2.30. The van der Waals surface area contributed by atoms with E-state index in [1.165, 1.54) is 0 Å². The SMILES string of the molecule is O=S(=O)(CC1CC1)N1CC[C@@H]2CNC[C@@H]21. The Balaban J connectivity index is 1.75. The van der Waals surface area contributed by atoms with Gasteiger partial charge in [-0.1, -0.05) is 0 Å². The van der Waals surface area contributed by atoms with Gasteiger partial charge in [-0.15, -0.1) is 0 Å². The molecule has 1 saturated carbocycles. The van der Waals surface area contributed by atoms with Gasteiger partial charge in [0.2, 0.25) is 10.0 Å². The van der Waals surface area contributed by atoms with Crippen LogP contribution in [-0.2, 0) is 10.0 Å². The van der Waals surface area contributed by atoms with E-state index in [1.807, 2.05) is 0 Å². The zero-order chi connectivity index (χ0) is 10.5. The first-order chi connectivity index (χ1) is 7.17. The molecule has 5 heteroatoms. The summed E-state index contributed by atoms with van der Waals surface area (Å²) in [6.07, 6.45) is 3.26. The van der Waals surface area contributed by atoms with E-state index < -0.39 is 10.0 Å². The molecule has 3 fully saturated rings. The third-order valence-corrected chi connectivity index (χ3v) is 5.96. The van der Waals surface area contributed by atoms with Crippen molar-refractivity contribution in [3.8, 4) is 0 Å². The summed E-state index contributed by atoms with van der Waals surface area (Å²) >= 11 is 0. The maximum absolute atomic E-state index is 12.1. The Morgan fingerprint density at radius 1 is 1.20 bits per heavy atom. The minimum Gasteiger partial charge on any atom is -0.315 e. The highest BCUT2D eigenvalue weighted by atomic mass is 32.2. The van der Waals surface area contributed by atoms with E-state index in [-0.39, 0.29) is 6.04 Å². The summed E-state index contributed by atoms with van der Waals surface area (Å²) in [5, 5.41) is 3.29. The Labute approximate surface area is 91.1 Å². The molecule has 0 aromatic carbocycles. The molecule has 2 heterocycles. The van der Waals surface area contributed by atoms with Crippen LogP contribution in [0.1, 0.15) is 19.3 Å². The van der Waals surface area contributed by atoms with Crippen LogP contribution in [0, 0.1) is 11.8 Å². The van der Waals surface area contributed by atoms with Gasteiger partial charge in [0.1, 0.15) is 0 Å². The summed E-state index contributed by atoms with van der Waals surface area (Å²) in [6.45, 7) is 2.61. The lowest BCUT2D eigenvalue weighted by atomic mass is 10.1. The fourth-order valence-corrected chi connectivity index (χ4v) is 5.00. The van der Waals surface area contributed by atoms with Crippen molar-refractivity contribution in [3.05, 3.63) is 0 Å². The minimum absolute atomic E-state index is 0.258. The largest absolute Gasteiger partial charge is 0.315 e. The number of nitrogens with one attached hydrogen (secondary N) is 1. The lowest BCUT2D eigenvalue weighted by Gasteiger charge is -2.22. The monoisotopic (exact) mass is 230 g/mol. The molecule has 0 aromatic rings. The fraction of sp³-hybridized carbons (Fsp3) is 1.00. The molecular formula is C10H18N2O2S. The van der Waals surface area contributed by atoms with Crippen molar-refractivity contribution in [2.24, 2.45) is 11.8 Å². The quantitative estimate of drug-likeness (QED) is 0.743. The van der Waals surface area contributed by atoms with Gasteiger partial charge in [0.05, 0.1) is 5.75 Å². The normalized spacial score (nSPS) is 37.1. The second-order valence-electron chi connectivity index (χ2n) is 5.11. The number of hydrogen-bond donors (Lipinski definition) is 1. The lowest BCUT2D eigenvalue weighted by Crippen LogP contribution is -2.40. The standard InChI is InChI=1S/C10H18N2O2S/c13-15(14,7-8-1-2-8)12-4-3-9-5-11-6-10(9)12/h8-11H,1-7H2/t9-,10+/m1/s1. The molecule has 2 saturated heterocycles. The summed E-state index contributed by atoms with van der Waals surface area (Å²) in [4.78, 5) is 0. The summed E-state index contributed by atoms with van der Waals surface area (Å²) in [6, 6.07) is 0.258.